The van der Waals surface area contributed by atoms with Crippen molar-refractivity contribution in [1.29, 1.82) is 0 Å². The topological polar surface area (TPSA) is 131 Å². The van der Waals surface area contributed by atoms with Gasteiger partial charge in [0.15, 0.2) is 17.2 Å². The van der Waals surface area contributed by atoms with Crippen LogP contribution in [-0.2, 0) is 0 Å². The van der Waals surface area contributed by atoms with Crippen LogP contribution in [0.25, 0.3) is 0 Å². The van der Waals surface area contributed by atoms with E-state index < -0.39 is 26.9 Å². The molecule has 0 saturated carbocycles. The van der Waals surface area contributed by atoms with Gasteiger partial charge in [-0.15, -0.1) is 0 Å². The van der Waals surface area contributed by atoms with E-state index in [4.69, 9.17) is 15.2 Å². The molecule has 1 aromatic carbocycles. The molecule has 2 N–H and O–H groups in total. The fraction of sp³-hybridized carbons (Fsp3) is 0.250. The van der Waals surface area contributed by atoms with Crippen LogP contribution in [0.2, 0.25) is 0 Å². The lowest BCUT2D eigenvalue weighted by Gasteiger charge is -2.09. The molecular weight excluding hydrogens is 234 g/mol. The van der Waals surface area contributed by atoms with E-state index >= 15 is 0 Å². The highest BCUT2D eigenvalue weighted by Crippen LogP contribution is 2.45. The first-order valence-corrected chi connectivity index (χ1v) is 4.27. The SMILES string of the molecule is COc1cc([N+](=O)[O-])c([N+](=O)[O-])c(N)c1OC. The third kappa shape index (κ3) is 2.02. The first-order valence-electron chi connectivity index (χ1n) is 4.27. The summed E-state index contributed by atoms with van der Waals surface area (Å²) in [6.07, 6.45) is 0. The van der Waals surface area contributed by atoms with Crippen molar-refractivity contribution in [3.63, 3.8) is 0 Å². The van der Waals surface area contributed by atoms with Gasteiger partial charge in [0.25, 0.3) is 0 Å². The molecule has 1 aromatic rings. The molecule has 0 fully saturated rings. The van der Waals surface area contributed by atoms with E-state index in [-0.39, 0.29) is 11.5 Å². The highest BCUT2D eigenvalue weighted by Gasteiger charge is 2.33. The summed E-state index contributed by atoms with van der Waals surface area (Å²) < 4.78 is 9.63. The quantitative estimate of drug-likeness (QED) is 0.475. The number of nitrogen functional groups attached to an aromatic ring is 1. The summed E-state index contributed by atoms with van der Waals surface area (Å²) in [6, 6.07) is 0.896. The lowest BCUT2D eigenvalue weighted by Crippen LogP contribution is -2.04. The second kappa shape index (κ2) is 4.51. The molecule has 0 atom stereocenters. The van der Waals surface area contributed by atoms with Gasteiger partial charge in [0, 0.05) is 0 Å². The van der Waals surface area contributed by atoms with Crippen LogP contribution >= 0.6 is 0 Å². The van der Waals surface area contributed by atoms with E-state index in [9.17, 15) is 20.2 Å². The smallest absolute Gasteiger partial charge is 0.372 e. The van der Waals surface area contributed by atoms with Crippen molar-refractivity contribution in [3.8, 4) is 11.5 Å². The van der Waals surface area contributed by atoms with Crippen molar-refractivity contribution < 1.29 is 19.3 Å². The first kappa shape index (κ1) is 12.5. The van der Waals surface area contributed by atoms with Gasteiger partial charge in [0.1, 0.15) is 0 Å². The maximum absolute atomic E-state index is 10.7. The molecule has 0 aliphatic carbocycles. The summed E-state index contributed by atoms with van der Waals surface area (Å²) in [6.45, 7) is 0. The third-order valence-corrected chi connectivity index (χ3v) is 2.04. The Kier molecular flexibility index (Phi) is 3.31. The summed E-state index contributed by atoms with van der Waals surface area (Å²) in [4.78, 5) is 19.6. The number of anilines is 1. The van der Waals surface area contributed by atoms with E-state index in [0.29, 0.717) is 0 Å². The van der Waals surface area contributed by atoms with Gasteiger partial charge >= 0.3 is 11.4 Å². The van der Waals surface area contributed by atoms with Crippen LogP contribution in [-0.4, -0.2) is 24.1 Å². The second-order valence-electron chi connectivity index (χ2n) is 2.91. The fourth-order valence-electron chi connectivity index (χ4n) is 1.33. The third-order valence-electron chi connectivity index (χ3n) is 2.04. The Hall–Kier alpha value is -2.58. The molecule has 1 rings (SSSR count). The average Bonchev–Trinajstić information content (AvgIpc) is 2.26. The van der Waals surface area contributed by atoms with Gasteiger partial charge in [0.05, 0.1) is 30.1 Å². The Bertz CT molecular complexity index is 487. The molecule has 17 heavy (non-hydrogen) atoms. The summed E-state index contributed by atoms with van der Waals surface area (Å²) >= 11 is 0. The maximum Gasteiger partial charge on any atom is 0.372 e. The van der Waals surface area contributed by atoms with E-state index in [1.54, 1.807) is 0 Å². The van der Waals surface area contributed by atoms with Crippen molar-refractivity contribution >= 4 is 17.1 Å². The standard InChI is InChI=1S/C8H9N3O6/c1-16-5-3-4(10(12)13)7(11(14)15)6(9)8(5)17-2/h3H,9H2,1-2H3. The Morgan fingerprint density at radius 2 is 1.76 bits per heavy atom. The van der Waals surface area contributed by atoms with Crippen molar-refractivity contribution in [3.05, 3.63) is 26.3 Å². The van der Waals surface area contributed by atoms with Crippen LogP contribution < -0.4 is 15.2 Å². The lowest BCUT2D eigenvalue weighted by molar-refractivity contribution is -0.421. The van der Waals surface area contributed by atoms with E-state index in [2.05, 4.69) is 0 Å². The molecule has 0 aromatic heterocycles. The molecular formula is C8H9N3O6. The lowest BCUT2D eigenvalue weighted by atomic mass is 10.2. The highest BCUT2D eigenvalue weighted by atomic mass is 16.6. The minimum atomic E-state index is -0.935. The summed E-state index contributed by atoms with van der Waals surface area (Å²) in [5, 5.41) is 21.4. The van der Waals surface area contributed by atoms with E-state index in [1.807, 2.05) is 0 Å². The molecule has 0 unspecified atom stereocenters. The molecule has 9 heteroatoms. The van der Waals surface area contributed by atoms with Crippen LogP contribution in [0.1, 0.15) is 0 Å². The molecule has 0 aliphatic rings. The minimum absolute atomic E-state index is 0.0395. The number of hydrogen-bond donors (Lipinski definition) is 1. The normalized spacial score (nSPS) is 9.76. The van der Waals surface area contributed by atoms with Gasteiger partial charge in [-0.25, -0.2) is 0 Å². The fourth-order valence-corrected chi connectivity index (χ4v) is 1.33. The summed E-state index contributed by atoms with van der Waals surface area (Å²) in [5.74, 6) is -0.146. The zero-order valence-corrected chi connectivity index (χ0v) is 9.00. The number of hydrogen-bond acceptors (Lipinski definition) is 7. The number of methoxy groups -OCH3 is 2. The number of nitro groups is 2. The zero-order valence-electron chi connectivity index (χ0n) is 9.00. The number of nitrogens with two attached hydrogens (primary N) is 1. The van der Waals surface area contributed by atoms with Crippen molar-refractivity contribution in [2.75, 3.05) is 20.0 Å². The van der Waals surface area contributed by atoms with Gasteiger partial charge < -0.3 is 15.2 Å². The molecule has 0 aliphatic heterocycles. The van der Waals surface area contributed by atoms with Crippen LogP contribution in [0.4, 0.5) is 17.1 Å². The minimum Gasteiger partial charge on any atom is -0.493 e. The second-order valence-corrected chi connectivity index (χ2v) is 2.91. The number of nitro benzene ring substituents is 2. The summed E-state index contributed by atoms with van der Waals surface area (Å²) in [5.41, 5.74) is 3.46. The van der Waals surface area contributed by atoms with Gasteiger partial charge in [-0.05, 0) is 0 Å². The predicted octanol–water partition coefficient (Wildman–Crippen LogP) is 1.10. The zero-order chi connectivity index (χ0) is 13.2. The molecule has 0 radical (unpaired) electrons. The molecule has 0 spiro atoms. The monoisotopic (exact) mass is 243 g/mol. The molecule has 9 nitrogen and oxygen atoms in total. The van der Waals surface area contributed by atoms with Gasteiger partial charge in [-0.2, -0.15) is 0 Å². The number of benzene rings is 1. The Labute approximate surface area is 95.0 Å². The van der Waals surface area contributed by atoms with Gasteiger partial charge in [-0.1, -0.05) is 0 Å². The van der Waals surface area contributed by atoms with Gasteiger partial charge in [-0.3, -0.25) is 20.2 Å². The Balaban J connectivity index is 3.67. The van der Waals surface area contributed by atoms with E-state index in [1.165, 1.54) is 14.2 Å². The number of nitrogens with zero attached hydrogens (tertiary/aromatic N) is 2. The molecule has 0 bridgehead atoms. The highest BCUT2D eigenvalue weighted by molar-refractivity contribution is 5.79. The predicted molar refractivity (Wildman–Crippen MR) is 57.3 cm³/mol. The van der Waals surface area contributed by atoms with Crippen LogP contribution in [0.5, 0.6) is 11.5 Å². The molecule has 0 amide bonds. The summed E-state index contributed by atoms with van der Waals surface area (Å²) in [7, 11) is 2.47. The molecule has 0 saturated heterocycles. The number of rotatable bonds is 4. The van der Waals surface area contributed by atoms with Crippen molar-refractivity contribution in [1.82, 2.24) is 0 Å². The molecule has 0 heterocycles. The van der Waals surface area contributed by atoms with E-state index in [0.717, 1.165) is 6.07 Å². The molecule has 92 valence electrons. The van der Waals surface area contributed by atoms with Crippen molar-refractivity contribution in [2.45, 2.75) is 0 Å². The largest absolute Gasteiger partial charge is 0.493 e. The Morgan fingerprint density at radius 3 is 2.12 bits per heavy atom. The van der Waals surface area contributed by atoms with Crippen LogP contribution in [0.15, 0.2) is 6.07 Å². The number of ether oxygens (including phenoxy) is 2. The van der Waals surface area contributed by atoms with Crippen LogP contribution in [0, 0.1) is 20.2 Å². The van der Waals surface area contributed by atoms with Crippen LogP contribution in [0.3, 0.4) is 0 Å². The van der Waals surface area contributed by atoms with Crippen molar-refractivity contribution in [2.24, 2.45) is 0 Å². The Morgan fingerprint density at radius 1 is 1.18 bits per heavy atom. The first-order chi connectivity index (χ1) is 7.93. The van der Waals surface area contributed by atoms with Gasteiger partial charge in [0.2, 0.25) is 0 Å². The maximum atomic E-state index is 10.7. The average molecular weight is 243 g/mol.